The van der Waals surface area contributed by atoms with Crippen LogP contribution in [-0.2, 0) is 0 Å². The van der Waals surface area contributed by atoms with E-state index in [9.17, 15) is 5.11 Å². The van der Waals surface area contributed by atoms with Gasteiger partial charge in [0.2, 0.25) is 0 Å². The molecular weight excluding hydrogens is 126 g/mol. The third-order valence-electron chi connectivity index (χ3n) is 2.72. The first-order chi connectivity index (χ1) is 4.52. The highest BCUT2D eigenvalue weighted by Gasteiger charge is 2.51. The standard InChI is InChI=1S/C8H13NO/c1-7(3-4-7)8(2,10)5-6-9/h10H,3-5H2,1-2H3. The molecule has 0 aromatic heterocycles. The summed E-state index contributed by atoms with van der Waals surface area (Å²) in [4.78, 5) is 0. The van der Waals surface area contributed by atoms with Gasteiger partial charge < -0.3 is 5.11 Å². The van der Waals surface area contributed by atoms with Crippen molar-refractivity contribution in [3.8, 4) is 6.07 Å². The Morgan fingerprint density at radius 2 is 2.20 bits per heavy atom. The zero-order chi connectivity index (χ0) is 7.83. The Labute approximate surface area is 61.5 Å². The molecule has 0 radical (unpaired) electrons. The Bertz CT molecular complexity index is 174. The predicted molar refractivity (Wildman–Crippen MR) is 38.2 cm³/mol. The molecule has 1 N–H and O–H groups in total. The van der Waals surface area contributed by atoms with E-state index in [0.29, 0.717) is 0 Å². The zero-order valence-corrected chi connectivity index (χ0v) is 6.52. The van der Waals surface area contributed by atoms with E-state index in [-0.39, 0.29) is 11.8 Å². The van der Waals surface area contributed by atoms with Crippen LogP contribution in [0.4, 0.5) is 0 Å². The number of nitrogens with zero attached hydrogens (tertiary/aromatic N) is 1. The van der Waals surface area contributed by atoms with Crippen molar-refractivity contribution in [1.29, 1.82) is 5.26 Å². The van der Waals surface area contributed by atoms with Gasteiger partial charge in [0, 0.05) is 0 Å². The van der Waals surface area contributed by atoms with E-state index in [1.807, 2.05) is 13.0 Å². The van der Waals surface area contributed by atoms with Crippen LogP contribution in [0.2, 0.25) is 0 Å². The summed E-state index contributed by atoms with van der Waals surface area (Å²) in [5, 5.41) is 18.1. The van der Waals surface area contributed by atoms with Gasteiger partial charge in [0.05, 0.1) is 18.1 Å². The number of hydrogen-bond acceptors (Lipinski definition) is 2. The lowest BCUT2D eigenvalue weighted by molar-refractivity contribution is -0.00293. The van der Waals surface area contributed by atoms with Crippen LogP contribution in [0, 0.1) is 16.7 Å². The second-order valence-corrected chi connectivity index (χ2v) is 3.67. The van der Waals surface area contributed by atoms with Crippen molar-refractivity contribution in [2.75, 3.05) is 0 Å². The molecule has 10 heavy (non-hydrogen) atoms. The largest absolute Gasteiger partial charge is 0.389 e. The Balaban J connectivity index is 2.60. The number of hydrogen-bond donors (Lipinski definition) is 1. The predicted octanol–water partition coefficient (Wildman–Crippen LogP) is 1.45. The van der Waals surface area contributed by atoms with Gasteiger partial charge in [0.15, 0.2) is 0 Å². The lowest BCUT2D eigenvalue weighted by Crippen LogP contribution is -2.33. The zero-order valence-electron chi connectivity index (χ0n) is 6.52. The first-order valence-corrected chi connectivity index (χ1v) is 3.61. The van der Waals surface area contributed by atoms with Crippen LogP contribution in [0.25, 0.3) is 0 Å². The van der Waals surface area contributed by atoms with Gasteiger partial charge >= 0.3 is 0 Å². The summed E-state index contributed by atoms with van der Waals surface area (Å²) in [5.74, 6) is 0. The summed E-state index contributed by atoms with van der Waals surface area (Å²) in [6, 6.07) is 2.00. The fourth-order valence-electron chi connectivity index (χ4n) is 1.09. The lowest BCUT2D eigenvalue weighted by Gasteiger charge is -2.27. The molecule has 1 rings (SSSR count). The van der Waals surface area contributed by atoms with Gasteiger partial charge in [-0.15, -0.1) is 0 Å². The van der Waals surface area contributed by atoms with Gasteiger partial charge in [-0.2, -0.15) is 5.26 Å². The van der Waals surface area contributed by atoms with Crippen molar-refractivity contribution in [3.63, 3.8) is 0 Å². The molecule has 0 saturated heterocycles. The molecule has 56 valence electrons. The fourth-order valence-corrected chi connectivity index (χ4v) is 1.09. The molecule has 0 aromatic rings. The summed E-state index contributed by atoms with van der Waals surface area (Å²) in [7, 11) is 0. The van der Waals surface area contributed by atoms with E-state index in [2.05, 4.69) is 0 Å². The van der Waals surface area contributed by atoms with E-state index in [0.717, 1.165) is 12.8 Å². The highest BCUT2D eigenvalue weighted by atomic mass is 16.3. The highest BCUT2D eigenvalue weighted by molar-refractivity contribution is 5.06. The maximum Gasteiger partial charge on any atom is 0.0802 e. The molecule has 1 fully saturated rings. The van der Waals surface area contributed by atoms with Gasteiger partial charge in [-0.1, -0.05) is 6.92 Å². The molecule has 0 heterocycles. The molecule has 0 bridgehead atoms. The van der Waals surface area contributed by atoms with Crippen LogP contribution >= 0.6 is 0 Å². The smallest absolute Gasteiger partial charge is 0.0802 e. The van der Waals surface area contributed by atoms with Crippen molar-refractivity contribution in [1.82, 2.24) is 0 Å². The van der Waals surface area contributed by atoms with E-state index in [1.165, 1.54) is 0 Å². The van der Waals surface area contributed by atoms with Crippen LogP contribution in [-0.4, -0.2) is 10.7 Å². The molecule has 0 spiro atoms. The minimum Gasteiger partial charge on any atom is -0.389 e. The van der Waals surface area contributed by atoms with Crippen LogP contribution in [0.5, 0.6) is 0 Å². The van der Waals surface area contributed by atoms with Gasteiger partial charge in [-0.3, -0.25) is 0 Å². The minimum atomic E-state index is -0.762. The quantitative estimate of drug-likeness (QED) is 0.629. The van der Waals surface area contributed by atoms with Crippen LogP contribution in [0.3, 0.4) is 0 Å². The maximum absolute atomic E-state index is 9.69. The average Bonchev–Trinajstić information content (AvgIpc) is 2.49. The Kier molecular flexibility index (Phi) is 1.48. The molecular formula is C8H13NO. The highest BCUT2D eigenvalue weighted by Crippen LogP contribution is 2.54. The van der Waals surface area contributed by atoms with E-state index in [1.54, 1.807) is 6.92 Å². The topological polar surface area (TPSA) is 44.0 Å². The van der Waals surface area contributed by atoms with Crippen LogP contribution < -0.4 is 0 Å². The normalized spacial score (nSPS) is 26.6. The molecule has 0 aliphatic heterocycles. The molecule has 0 aromatic carbocycles. The van der Waals surface area contributed by atoms with E-state index in [4.69, 9.17) is 5.26 Å². The molecule has 2 heteroatoms. The number of nitriles is 1. The number of aliphatic hydroxyl groups is 1. The third kappa shape index (κ3) is 1.02. The second-order valence-electron chi connectivity index (χ2n) is 3.67. The molecule has 1 atom stereocenters. The Hall–Kier alpha value is -0.550. The first kappa shape index (κ1) is 7.56. The van der Waals surface area contributed by atoms with Crippen molar-refractivity contribution in [2.45, 2.75) is 38.7 Å². The van der Waals surface area contributed by atoms with E-state index >= 15 is 0 Å². The average molecular weight is 139 g/mol. The van der Waals surface area contributed by atoms with Gasteiger partial charge in [-0.25, -0.2) is 0 Å². The summed E-state index contributed by atoms with van der Waals surface area (Å²) >= 11 is 0. The molecule has 1 aliphatic rings. The lowest BCUT2D eigenvalue weighted by atomic mass is 9.85. The first-order valence-electron chi connectivity index (χ1n) is 3.61. The van der Waals surface area contributed by atoms with Crippen LogP contribution in [0.15, 0.2) is 0 Å². The monoisotopic (exact) mass is 139 g/mol. The summed E-state index contributed by atoms with van der Waals surface area (Å²) in [6.45, 7) is 3.79. The van der Waals surface area contributed by atoms with Crippen LogP contribution in [0.1, 0.15) is 33.1 Å². The number of rotatable bonds is 2. The van der Waals surface area contributed by atoms with Crippen molar-refractivity contribution >= 4 is 0 Å². The molecule has 1 aliphatic carbocycles. The van der Waals surface area contributed by atoms with Crippen molar-refractivity contribution < 1.29 is 5.11 Å². The molecule has 1 saturated carbocycles. The summed E-state index contributed by atoms with van der Waals surface area (Å²) in [5.41, 5.74) is -0.732. The van der Waals surface area contributed by atoms with E-state index < -0.39 is 5.60 Å². The van der Waals surface area contributed by atoms with Gasteiger partial charge in [0.25, 0.3) is 0 Å². The fraction of sp³-hybridized carbons (Fsp3) is 0.875. The Morgan fingerprint density at radius 3 is 2.50 bits per heavy atom. The van der Waals surface area contributed by atoms with Crippen molar-refractivity contribution in [2.24, 2.45) is 5.41 Å². The minimum absolute atomic E-state index is 0.0305. The molecule has 2 nitrogen and oxygen atoms in total. The van der Waals surface area contributed by atoms with Gasteiger partial charge in [0.1, 0.15) is 0 Å². The van der Waals surface area contributed by atoms with Crippen molar-refractivity contribution in [3.05, 3.63) is 0 Å². The Morgan fingerprint density at radius 1 is 1.70 bits per heavy atom. The molecule has 0 amide bonds. The third-order valence-corrected chi connectivity index (χ3v) is 2.72. The SMILES string of the molecule is CC(O)(CC#N)C1(C)CC1. The maximum atomic E-state index is 9.69. The second kappa shape index (κ2) is 1.96. The summed E-state index contributed by atoms with van der Waals surface area (Å²) in [6.07, 6.45) is 2.37. The van der Waals surface area contributed by atoms with Gasteiger partial charge in [-0.05, 0) is 25.2 Å². The summed E-state index contributed by atoms with van der Waals surface area (Å²) < 4.78 is 0. The molecule has 1 unspecified atom stereocenters.